The van der Waals surface area contributed by atoms with Gasteiger partial charge in [0.1, 0.15) is 0 Å². The molecule has 1 aromatic carbocycles. The van der Waals surface area contributed by atoms with Crippen molar-refractivity contribution in [1.29, 1.82) is 0 Å². The fourth-order valence-corrected chi connectivity index (χ4v) is 1.61. The maximum Gasteiger partial charge on any atom is 0.460 e. The molecule has 0 bridgehead atoms. The Morgan fingerprint density at radius 2 is 1.72 bits per heavy atom. The van der Waals surface area contributed by atoms with Crippen molar-refractivity contribution in [2.45, 2.75) is 39.7 Å². The van der Waals surface area contributed by atoms with Crippen molar-refractivity contribution < 1.29 is 18.0 Å². The Morgan fingerprint density at radius 1 is 1.22 bits per heavy atom. The molecule has 0 fully saturated rings. The molecule has 0 spiro atoms. The van der Waals surface area contributed by atoms with E-state index in [9.17, 15) is 18.0 Å². The lowest BCUT2D eigenvalue weighted by atomic mass is 10.1. The Bertz CT molecular complexity index is 409. The quantitative estimate of drug-likeness (QED) is 0.608. The van der Waals surface area contributed by atoms with Crippen molar-refractivity contribution in [2.75, 3.05) is 0 Å². The lowest BCUT2D eigenvalue weighted by molar-refractivity contribution is -0.259. The Labute approximate surface area is 104 Å². The number of hydrogen-bond acceptors (Lipinski definition) is 2. The number of halogens is 3. The monoisotopic (exact) mass is 259 g/mol. The molecule has 0 aliphatic rings. The van der Waals surface area contributed by atoms with Crippen molar-refractivity contribution >= 4 is 5.78 Å². The van der Waals surface area contributed by atoms with Crippen LogP contribution in [0.2, 0.25) is 0 Å². The van der Waals surface area contributed by atoms with Gasteiger partial charge in [0.05, 0.1) is 0 Å². The zero-order valence-corrected chi connectivity index (χ0v) is 10.6. The summed E-state index contributed by atoms with van der Waals surface area (Å²) in [6.07, 6.45) is -4.35. The van der Waals surface area contributed by atoms with Crippen LogP contribution in [-0.2, 0) is 6.54 Å². The molecule has 0 radical (unpaired) electrons. The number of benzene rings is 1. The second-order valence-electron chi connectivity index (χ2n) is 4.44. The van der Waals surface area contributed by atoms with Gasteiger partial charge in [-0.05, 0) is 26.3 Å². The SMILES string of the molecule is CC(=O)c1ccc(CN(C(C)C)C(F)(F)F)cc1. The van der Waals surface area contributed by atoms with Gasteiger partial charge < -0.3 is 0 Å². The average Bonchev–Trinajstić information content (AvgIpc) is 2.24. The van der Waals surface area contributed by atoms with Gasteiger partial charge in [-0.1, -0.05) is 24.3 Å². The number of carbonyl (C=O) groups excluding carboxylic acids is 1. The zero-order chi connectivity index (χ0) is 13.9. The van der Waals surface area contributed by atoms with E-state index in [0.717, 1.165) is 0 Å². The van der Waals surface area contributed by atoms with Crippen LogP contribution >= 0.6 is 0 Å². The summed E-state index contributed by atoms with van der Waals surface area (Å²) in [5, 5.41) is 0. The first-order valence-electron chi connectivity index (χ1n) is 5.65. The first-order chi connectivity index (χ1) is 8.21. The van der Waals surface area contributed by atoms with Crippen LogP contribution in [0.4, 0.5) is 13.2 Å². The van der Waals surface area contributed by atoms with Crippen molar-refractivity contribution in [2.24, 2.45) is 0 Å². The fraction of sp³-hybridized carbons (Fsp3) is 0.462. The van der Waals surface area contributed by atoms with Crippen molar-refractivity contribution in [1.82, 2.24) is 4.90 Å². The largest absolute Gasteiger partial charge is 0.460 e. The highest BCUT2D eigenvalue weighted by Crippen LogP contribution is 2.26. The van der Waals surface area contributed by atoms with Crippen LogP contribution in [0.5, 0.6) is 0 Å². The molecule has 0 aliphatic carbocycles. The van der Waals surface area contributed by atoms with E-state index >= 15 is 0 Å². The average molecular weight is 259 g/mol. The Kier molecular flexibility index (Phi) is 4.51. The van der Waals surface area contributed by atoms with E-state index in [1.54, 1.807) is 24.3 Å². The summed E-state index contributed by atoms with van der Waals surface area (Å²) >= 11 is 0. The van der Waals surface area contributed by atoms with Gasteiger partial charge in [0.25, 0.3) is 0 Å². The standard InChI is InChI=1S/C13H16F3NO/c1-9(2)17(13(14,15)16)8-11-4-6-12(7-5-11)10(3)18/h4-7,9H,8H2,1-3H3. The van der Waals surface area contributed by atoms with Crippen LogP contribution in [0.3, 0.4) is 0 Å². The number of rotatable bonds is 4. The number of hydrogen-bond donors (Lipinski definition) is 0. The summed E-state index contributed by atoms with van der Waals surface area (Å²) in [4.78, 5) is 11.5. The predicted octanol–water partition coefficient (Wildman–Crippen LogP) is 3.62. The highest BCUT2D eigenvalue weighted by Gasteiger charge is 2.38. The lowest BCUT2D eigenvalue weighted by Crippen LogP contribution is -2.42. The van der Waals surface area contributed by atoms with Crippen molar-refractivity contribution in [3.8, 4) is 0 Å². The van der Waals surface area contributed by atoms with Crippen molar-refractivity contribution in [3.05, 3.63) is 35.4 Å². The van der Waals surface area contributed by atoms with Gasteiger partial charge >= 0.3 is 6.30 Å². The summed E-state index contributed by atoms with van der Waals surface area (Å²) in [5.41, 5.74) is 1.04. The van der Waals surface area contributed by atoms with E-state index in [2.05, 4.69) is 0 Å². The molecule has 0 aromatic heterocycles. The lowest BCUT2D eigenvalue weighted by Gasteiger charge is -2.28. The smallest absolute Gasteiger partial charge is 0.295 e. The molecule has 0 amide bonds. The summed E-state index contributed by atoms with van der Waals surface area (Å²) in [6.45, 7) is 4.21. The van der Waals surface area contributed by atoms with Crippen LogP contribution in [-0.4, -0.2) is 23.0 Å². The van der Waals surface area contributed by atoms with E-state index in [1.807, 2.05) is 0 Å². The molecule has 5 heteroatoms. The molecule has 0 unspecified atom stereocenters. The second kappa shape index (κ2) is 5.52. The van der Waals surface area contributed by atoms with Gasteiger partial charge in [0.15, 0.2) is 5.78 Å². The molecular formula is C13H16F3NO. The third-order valence-electron chi connectivity index (χ3n) is 2.66. The maximum absolute atomic E-state index is 12.7. The van der Waals surface area contributed by atoms with E-state index in [0.29, 0.717) is 16.0 Å². The van der Waals surface area contributed by atoms with E-state index < -0.39 is 12.3 Å². The minimum absolute atomic E-state index is 0.0990. The van der Waals surface area contributed by atoms with E-state index in [1.165, 1.54) is 20.8 Å². The molecule has 0 N–H and O–H groups in total. The molecule has 100 valence electrons. The number of alkyl halides is 3. The van der Waals surface area contributed by atoms with Gasteiger partial charge in [-0.2, -0.15) is 13.2 Å². The third-order valence-corrected chi connectivity index (χ3v) is 2.66. The fourth-order valence-electron chi connectivity index (χ4n) is 1.61. The molecule has 0 atom stereocenters. The van der Waals surface area contributed by atoms with E-state index in [-0.39, 0.29) is 12.3 Å². The molecule has 0 aliphatic heterocycles. The minimum Gasteiger partial charge on any atom is -0.295 e. The second-order valence-corrected chi connectivity index (χ2v) is 4.44. The Morgan fingerprint density at radius 3 is 2.06 bits per heavy atom. The first kappa shape index (κ1) is 14.7. The molecule has 18 heavy (non-hydrogen) atoms. The normalized spacial score (nSPS) is 12.2. The molecule has 1 aromatic rings. The number of ketones is 1. The van der Waals surface area contributed by atoms with Crippen LogP contribution in [0.1, 0.15) is 36.7 Å². The van der Waals surface area contributed by atoms with Gasteiger partial charge in [-0.3, -0.25) is 4.79 Å². The number of Topliss-reactive ketones (excluding diaryl/α,β-unsaturated/α-hetero) is 1. The molecule has 2 nitrogen and oxygen atoms in total. The van der Waals surface area contributed by atoms with E-state index in [4.69, 9.17) is 0 Å². The Balaban J connectivity index is 2.85. The summed E-state index contributed by atoms with van der Waals surface area (Å²) < 4.78 is 38.2. The zero-order valence-electron chi connectivity index (χ0n) is 10.6. The summed E-state index contributed by atoms with van der Waals surface area (Å²) in [6, 6.07) is 5.58. The van der Waals surface area contributed by atoms with Gasteiger partial charge in [-0.25, -0.2) is 4.90 Å². The highest BCUT2D eigenvalue weighted by atomic mass is 19.4. The highest BCUT2D eigenvalue weighted by molar-refractivity contribution is 5.93. The molecule has 1 rings (SSSR count). The maximum atomic E-state index is 12.7. The number of nitrogens with zero attached hydrogens (tertiary/aromatic N) is 1. The molecule has 0 heterocycles. The van der Waals surface area contributed by atoms with Crippen LogP contribution in [0, 0.1) is 0 Å². The Hall–Kier alpha value is -1.36. The van der Waals surface area contributed by atoms with Crippen LogP contribution < -0.4 is 0 Å². The molecule has 0 saturated heterocycles. The summed E-state index contributed by atoms with van der Waals surface area (Å²) in [5.74, 6) is -0.0990. The summed E-state index contributed by atoms with van der Waals surface area (Å²) in [7, 11) is 0. The topological polar surface area (TPSA) is 20.3 Å². The van der Waals surface area contributed by atoms with Gasteiger partial charge in [0, 0.05) is 18.2 Å². The van der Waals surface area contributed by atoms with Crippen LogP contribution in [0.15, 0.2) is 24.3 Å². The third kappa shape index (κ3) is 3.84. The van der Waals surface area contributed by atoms with Gasteiger partial charge in [0.2, 0.25) is 0 Å². The first-order valence-corrected chi connectivity index (χ1v) is 5.65. The number of carbonyl (C=O) groups is 1. The molecular weight excluding hydrogens is 243 g/mol. The van der Waals surface area contributed by atoms with Crippen LogP contribution in [0.25, 0.3) is 0 Å². The van der Waals surface area contributed by atoms with Gasteiger partial charge in [-0.15, -0.1) is 0 Å². The predicted molar refractivity (Wildman–Crippen MR) is 63.2 cm³/mol. The van der Waals surface area contributed by atoms with Crippen molar-refractivity contribution in [3.63, 3.8) is 0 Å². The minimum atomic E-state index is -4.35. The molecule has 0 saturated carbocycles.